The minimum Gasteiger partial charge on any atom is -0.331 e. The molecule has 2 N–H and O–H groups in total. The zero-order valence-electron chi connectivity index (χ0n) is 14.0. The van der Waals surface area contributed by atoms with Crippen LogP contribution in [0.2, 0.25) is 0 Å². The summed E-state index contributed by atoms with van der Waals surface area (Å²) in [6.45, 7) is 5.44. The fourth-order valence-electron chi connectivity index (χ4n) is 3.49. The molecule has 6 nitrogen and oxygen atoms in total. The zero-order valence-corrected chi connectivity index (χ0v) is 15.6. The van der Waals surface area contributed by atoms with Gasteiger partial charge in [0.25, 0.3) is 5.91 Å². The Morgan fingerprint density at radius 3 is 2.60 bits per heavy atom. The largest absolute Gasteiger partial charge is 0.331 e. The van der Waals surface area contributed by atoms with E-state index in [-0.39, 0.29) is 41.8 Å². The Kier molecular flexibility index (Phi) is 6.62. The van der Waals surface area contributed by atoms with E-state index < -0.39 is 10.0 Å². The molecule has 2 saturated heterocycles. The monoisotopic (exact) mass is 385 g/mol. The molecule has 1 aromatic rings. The van der Waals surface area contributed by atoms with E-state index in [0.29, 0.717) is 5.56 Å². The Balaban J connectivity index is 0.00000225. The van der Waals surface area contributed by atoms with Crippen LogP contribution in [0.4, 0.5) is 0 Å². The lowest BCUT2D eigenvalue weighted by atomic mass is 10.1. The van der Waals surface area contributed by atoms with E-state index in [9.17, 15) is 13.2 Å². The second-order valence-electron chi connectivity index (χ2n) is 6.26. The van der Waals surface area contributed by atoms with Crippen LogP contribution in [0, 0.1) is 0 Å². The van der Waals surface area contributed by atoms with E-state index in [1.165, 1.54) is 18.2 Å². The van der Waals surface area contributed by atoms with Gasteiger partial charge in [-0.15, -0.1) is 19.0 Å². The van der Waals surface area contributed by atoms with Gasteiger partial charge in [0.2, 0.25) is 10.0 Å². The summed E-state index contributed by atoms with van der Waals surface area (Å²) >= 11 is 0. The summed E-state index contributed by atoms with van der Waals surface area (Å²) in [5.41, 5.74) is 0.538. The van der Waals surface area contributed by atoms with Gasteiger partial charge in [0.15, 0.2) is 0 Å². The first-order valence-electron chi connectivity index (χ1n) is 8.27. The van der Waals surface area contributed by atoms with Gasteiger partial charge in [-0.05, 0) is 50.1 Å². The molecular weight excluding hydrogens is 362 g/mol. The highest BCUT2D eigenvalue weighted by atomic mass is 35.5. The summed E-state index contributed by atoms with van der Waals surface area (Å²) in [5.74, 6) is -0.00537. The molecule has 0 saturated carbocycles. The standard InChI is InChI=1S/C17H23N3O3S.ClH/c1-2-10-19-24(22,23)16-7-3-13(4-8-16)17(21)20-14-5-6-15(20)12-18-11-9-14;/h2-4,7-8,14-15,18-19H,1,5-6,9-12H2;1H. The van der Waals surface area contributed by atoms with Gasteiger partial charge in [-0.2, -0.15) is 0 Å². The third kappa shape index (κ3) is 4.23. The smallest absolute Gasteiger partial charge is 0.254 e. The molecule has 2 aliphatic heterocycles. The Bertz CT molecular complexity index is 707. The number of amides is 1. The summed E-state index contributed by atoms with van der Waals surface area (Å²) in [6, 6.07) is 6.69. The van der Waals surface area contributed by atoms with Crippen molar-refractivity contribution in [3.05, 3.63) is 42.5 Å². The number of rotatable bonds is 5. The fraction of sp³-hybridized carbons (Fsp3) is 0.471. The molecule has 2 heterocycles. The Hall–Kier alpha value is -1.41. The minimum absolute atomic E-state index is 0. The number of nitrogens with zero attached hydrogens (tertiary/aromatic N) is 1. The average Bonchev–Trinajstić information content (AvgIpc) is 2.85. The third-order valence-electron chi connectivity index (χ3n) is 4.72. The third-order valence-corrected chi connectivity index (χ3v) is 6.16. The highest BCUT2D eigenvalue weighted by molar-refractivity contribution is 7.89. The van der Waals surface area contributed by atoms with Gasteiger partial charge < -0.3 is 10.2 Å². The van der Waals surface area contributed by atoms with Crippen LogP contribution in [0.5, 0.6) is 0 Å². The van der Waals surface area contributed by atoms with Crippen molar-refractivity contribution in [2.24, 2.45) is 0 Å². The van der Waals surface area contributed by atoms with Gasteiger partial charge in [0, 0.05) is 30.7 Å². The Labute approximate surface area is 155 Å². The average molecular weight is 386 g/mol. The topological polar surface area (TPSA) is 78.5 Å². The molecule has 1 aromatic carbocycles. The molecule has 138 valence electrons. The van der Waals surface area contributed by atoms with E-state index >= 15 is 0 Å². The van der Waals surface area contributed by atoms with Crippen LogP contribution in [0.3, 0.4) is 0 Å². The van der Waals surface area contributed by atoms with Crippen LogP contribution in [0.1, 0.15) is 29.6 Å². The van der Waals surface area contributed by atoms with Gasteiger partial charge in [-0.25, -0.2) is 13.1 Å². The SMILES string of the molecule is C=CCNS(=O)(=O)c1ccc(C(=O)N2C3CCNCC2CC3)cc1.Cl. The summed E-state index contributed by atoms with van der Waals surface area (Å²) in [5, 5.41) is 3.37. The first-order valence-corrected chi connectivity index (χ1v) is 9.75. The van der Waals surface area contributed by atoms with Crippen molar-refractivity contribution in [3.8, 4) is 0 Å². The predicted molar refractivity (Wildman–Crippen MR) is 99.5 cm³/mol. The van der Waals surface area contributed by atoms with Gasteiger partial charge in [0.1, 0.15) is 0 Å². The number of benzene rings is 1. The lowest BCUT2D eigenvalue weighted by Gasteiger charge is -2.28. The molecule has 2 bridgehead atoms. The van der Waals surface area contributed by atoms with Gasteiger partial charge in [-0.3, -0.25) is 4.79 Å². The van der Waals surface area contributed by atoms with Gasteiger partial charge in [0.05, 0.1) is 4.90 Å². The number of carbonyl (C=O) groups is 1. The molecule has 2 aliphatic rings. The quantitative estimate of drug-likeness (QED) is 0.753. The number of hydrogen-bond donors (Lipinski definition) is 2. The molecule has 0 aromatic heterocycles. The zero-order chi connectivity index (χ0) is 17.2. The summed E-state index contributed by atoms with van der Waals surface area (Å²) in [4.78, 5) is 15.0. The van der Waals surface area contributed by atoms with E-state index in [4.69, 9.17) is 0 Å². The molecular formula is C17H24ClN3O3S. The van der Waals surface area contributed by atoms with Gasteiger partial charge >= 0.3 is 0 Å². The first-order chi connectivity index (χ1) is 11.5. The van der Waals surface area contributed by atoms with Crippen LogP contribution in [-0.4, -0.2) is 50.9 Å². The lowest BCUT2D eigenvalue weighted by molar-refractivity contribution is 0.0680. The second kappa shape index (κ2) is 8.31. The fourth-order valence-corrected chi connectivity index (χ4v) is 4.49. The molecule has 1 amide bonds. The highest BCUT2D eigenvalue weighted by Crippen LogP contribution is 2.29. The summed E-state index contributed by atoms with van der Waals surface area (Å²) < 4.78 is 26.6. The number of hydrogen-bond acceptors (Lipinski definition) is 4. The molecule has 0 spiro atoms. The molecule has 2 unspecified atom stereocenters. The normalized spacial score (nSPS) is 22.8. The highest BCUT2D eigenvalue weighted by Gasteiger charge is 2.38. The van der Waals surface area contributed by atoms with Gasteiger partial charge in [-0.1, -0.05) is 6.08 Å². The van der Waals surface area contributed by atoms with E-state index in [2.05, 4.69) is 16.6 Å². The van der Waals surface area contributed by atoms with Crippen molar-refractivity contribution < 1.29 is 13.2 Å². The molecule has 2 fully saturated rings. The number of fused-ring (bicyclic) bond motifs is 2. The molecule has 3 rings (SSSR count). The predicted octanol–water partition coefficient (Wildman–Crippen LogP) is 1.54. The molecule has 0 radical (unpaired) electrons. The lowest BCUT2D eigenvalue weighted by Crippen LogP contribution is -2.42. The Morgan fingerprint density at radius 1 is 1.24 bits per heavy atom. The number of halogens is 1. The van der Waals surface area contributed by atoms with Crippen LogP contribution >= 0.6 is 12.4 Å². The Morgan fingerprint density at radius 2 is 1.92 bits per heavy atom. The van der Waals surface area contributed by atoms with Crippen molar-refractivity contribution in [2.75, 3.05) is 19.6 Å². The second-order valence-corrected chi connectivity index (χ2v) is 8.02. The van der Waals surface area contributed by atoms with Crippen LogP contribution < -0.4 is 10.0 Å². The number of carbonyl (C=O) groups excluding carboxylic acids is 1. The van der Waals surface area contributed by atoms with E-state index in [1.807, 2.05) is 4.90 Å². The van der Waals surface area contributed by atoms with Crippen molar-refractivity contribution in [1.29, 1.82) is 0 Å². The molecule has 8 heteroatoms. The van der Waals surface area contributed by atoms with Crippen LogP contribution in [0.15, 0.2) is 41.8 Å². The maximum absolute atomic E-state index is 12.9. The van der Waals surface area contributed by atoms with Crippen LogP contribution in [-0.2, 0) is 10.0 Å². The first kappa shape index (κ1) is 19.9. The van der Waals surface area contributed by atoms with Crippen molar-refractivity contribution >= 4 is 28.3 Å². The molecule has 0 aliphatic carbocycles. The van der Waals surface area contributed by atoms with E-state index in [1.54, 1.807) is 12.1 Å². The molecule has 25 heavy (non-hydrogen) atoms. The summed E-state index contributed by atoms with van der Waals surface area (Å²) in [6.07, 6.45) is 4.54. The maximum Gasteiger partial charge on any atom is 0.254 e. The maximum atomic E-state index is 12.9. The minimum atomic E-state index is -3.56. The number of sulfonamides is 1. The van der Waals surface area contributed by atoms with Crippen molar-refractivity contribution in [2.45, 2.75) is 36.2 Å². The molecule has 2 atom stereocenters. The number of nitrogens with one attached hydrogen (secondary N) is 2. The van der Waals surface area contributed by atoms with Crippen LogP contribution in [0.25, 0.3) is 0 Å². The summed E-state index contributed by atoms with van der Waals surface area (Å²) in [7, 11) is -3.56. The van der Waals surface area contributed by atoms with E-state index in [0.717, 1.165) is 32.4 Å². The van der Waals surface area contributed by atoms with Crippen molar-refractivity contribution in [3.63, 3.8) is 0 Å². The van der Waals surface area contributed by atoms with Crippen molar-refractivity contribution in [1.82, 2.24) is 14.9 Å².